The van der Waals surface area contributed by atoms with E-state index in [-0.39, 0.29) is 11.4 Å². The number of likely N-dealkylation sites (tertiary alicyclic amines) is 1. The van der Waals surface area contributed by atoms with Crippen molar-refractivity contribution in [2.75, 3.05) is 26.3 Å². The standard InChI is InChI=1S/C13H22N2O4/c1-12(2)3-6-15(9-12)11(18)14-13(10(16)17)4-7-19-8-5-13/h3-9H2,1-2H3,(H,14,18)(H,16,17). The molecule has 19 heavy (non-hydrogen) atoms. The largest absolute Gasteiger partial charge is 0.480 e. The van der Waals surface area contributed by atoms with Crippen LogP contribution >= 0.6 is 0 Å². The molecule has 2 amide bonds. The Hall–Kier alpha value is -1.30. The van der Waals surface area contributed by atoms with Gasteiger partial charge in [0.25, 0.3) is 0 Å². The molecule has 0 aromatic carbocycles. The lowest BCUT2D eigenvalue weighted by molar-refractivity contribution is -0.148. The topological polar surface area (TPSA) is 78.9 Å². The number of carboxylic acid groups (broad SMARTS) is 1. The van der Waals surface area contributed by atoms with Crippen molar-refractivity contribution in [3.63, 3.8) is 0 Å². The normalized spacial score (nSPS) is 25.1. The highest BCUT2D eigenvalue weighted by Crippen LogP contribution is 2.29. The number of carbonyl (C=O) groups excluding carboxylic acids is 1. The molecule has 108 valence electrons. The Balaban J connectivity index is 2.02. The monoisotopic (exact) mass is 270 g/mol. The summed E-state index contributed by atoms with van der Waals surface area (Å²) in [5.74, 6) is -0.970. The molecule has 0 aromatic heterocycles. The van der Waals surface area contributed by atoms with Gasteiger partial charge >= 0.3 is 12.0 Å². The van der Waals surface area contributed by atoms with Gasteiger partial charge in [0.05, 0.1) is 0 Å². The summed E-state index contributed by atoms with van der Waals surface area (Å²) in [6, 6.07) is -0.269. The number of carboxylic acids is 1. The van der Waals surface area contributed by atoms with Crippen molar-refractivity contribution in [1.82, 2.24) is 10.2 Å². The molecule has 0 saturated carbocycles. The predicted octanol–water partition coefficient (Wildman–Crippen LogP) is 1.06. The van der Waals surface area contributed by atoms with Crippen LogP contribution in [0.1, 0.15) is 33.1 Å². The molecule has 0 spiro atoms. The van der Waals surface area contributed by atoms with E-state index in [1.165, 1.54) is 0 Å². The Labute approximate surface area is 113 Å². The molecule has 2 fully saturated rings. The highest BCUT2D eigenvalue weighted by atomic mass is 16.5. The highest BCUT2D eigenvalue weighted by molar-refractivity contribution is 5.86. The zero-order chi connectivity index (χ0) is 14.1. The number of hydrogen-bond donors (Lipinski definition) is 2. The van der Waals surface area contributed by atoms with E-state index < -0.39 is 11.5 Å². The summed E-state index contributed by atoms with van der Waals surface area (Å²) in [6.45, 7) is 6.33. The third-order valence-corrected chi connectivity index (χ3v) is 4.07. The fraction of sp³-hybridized carbons (Fsp3) is 0.846. The van der Waals surface area contributed by atoms with Gasteiger partial charge in [-0.3, -0.25) is 0 Å². The fourth-order valence-electron chi connectivity index (χ4n) is 2.68. The summed E-state index contributed by atoms with van der Waals surface area (Å²) in [4.78, 5) is 25.4. The maximum absolute atomic E-state index is 12.2. The van der Waals surface area contributed by atoms with E-state index in [1.54, 1.807) is 4.90 Å². The molecule has 2 rings (SSSR count). The number of hydrogen-bond acceptors (Lipinski definition) is 3. The van der Waals surface area contributed by atoms with Crippen LogP contribution in [0.5, 0.6) is 0 Å². The summed E-state index contributed by atoms with van der Waals surface area (Å²) in [7, 11) is 0. The molecule has 0 aromatic rings. The first-order valence-corrected chi connectivity index (χ1v) is 6.73. The zero-order valence-corrected chi connectivity index (χ0v) is 11.6. The molecule has 2 N–H and O–H groups in total. The molecule has 2 aliphatic heterocycles. The Morgan fingerprint density at radius 1 is 1.21 bits per heavy atom. The lowest BCUT2D eigenvalue weighted by Gasteiger charge is -2.35. The molecule has 0 atom stereocenters. The van der Waals surface area contributed by atoms with Crippen LogP contribution in [-0.2, 0) is 9.53 Å². The van der Waals surface area contributed by atoms with Crippen LogP contribution in [0.3, 0.4) is 0 Å². The van der Waals surface area contributed by atoms with Crippen LogP contribution in [0.4, 0.5) is 4.79 Å². The number of aliphatic carboxylic acids is 1. The number of carbonyl (C=O) groups is 2. The Morgan fingerprint density at radius 2 is 1.84 bits per heavy atom. The summed E-state index contributed by atoms with van der Waals surface area (Å²) in [6.07, 6.45) is 1.60. The van der Waals surface area contributed by atoms with E-state index >= 15 is 0 Å². The molecule has 0 radical (unpaired) electrons. The van der Waals surface area contributed by atoms with E-state index in [0.29, 0.717) is 39.1 Å². The van der Waals surface area contributed by atoms with Crippen molar-refractivity contribution in [3.8, 4) is 0 Å². The zero-order valence-electron chi connectivity index (χ0n) is 11.6. The van der Waals surface area contributed by atoms with Crippen molar-refractivity contribution < 1.29 is 19.4 Å². The summed E-state index contributed by atoms with van der Waals surface area (Å²) in [5, 5.41) is 12.1. The first-order chi connectivity index (χ1) is 8.85. The third kappa shape index (κ3) is 3.00. The molecule has 2 saturated heterocycles. The Morgan fingerprint density at radius 3 is 2.32 bits per heavy atom. The van der Waals surface area contributed by atoms with Crippen molar-refractivity contribution in [2.24, 2.45) is 5.41 Å². The van der Waals surface area contributed by atoms with E-state index in [4.69, 9.17) is 4.74 Å². The van der Waals surface area contributed by atoms with Crippen LogP contribution in [-0.4, -0.2) is 53.8 Å². The molecule has 6 nitrogen and oxygen atoms in total. The minimum Gasteiger partial charge on any atom is -0.480 e. The molecule has 6 heteroatoms. The fourth-order valence-corrected chi connectivity index (χ4v) is 2.68. The van der Waals surface area contributed by atoms with Crippen LogP contribution in [0, 0.1) is 5.41 Å². The smallest absolute Gasteiger partial charge is 0.329 e. The van der Waals surface area contributed by atoms with Crippen LogP contribution in [0.2, 0.25) is 0 Å². The second kappa shape index (κ2) is 5.00. The van der Waals surface area contributed by atoms with Gasteiger partial charge in [0.1, 0.15) is 5.54 Å². The molecular formula is C13H22N2O4. The average molecular weight is 270 g/mol. The van der Waals surface area contributed by atoms with E-state index in [2.05, 4.69) is 19.2 Å². The van der Waals surface area contributed by atoms with Gasteiger partial charge in [0.15, 0.2) is 0 Å². The number of urea groups is 1. The third-order valence-electron chi connectivity index (χ3n) is 4.07. The lowest BCUT2D eigenvalue weighted by Crippen LogP contribution is -2.60. The molecule has 0 unspecified atom stereocenters. The van der Waals surface area contributed by atoms with Gasteiger partial charge < -0.3 is 20.1 Å². The molecule has 0 bridgehead atoms. The maximum atomic E-state index is 12.2. The SMILES string of the molecule is CC1(C)CCN(C(=O)NC2(C(=O)O)CCOCC2)C1. The van der Waals surface area contributed by atoms with Crippen molar-refractivity contribution in [2.45, 2.75) is 38.6 Å². The van der Waals surface area contributed by atoms with E-state index in [1.807, 2.05) is 0 Å². The minimum atomic E-state index is -1.16. The number of nitrogens with zero attached hydrogens (tertiary/aromatic N) is 1. The molecule has 2 aliphatic rings. The average Bonchev–Trinajstić information content (AvgIpc) is 2.71. The van der Waals surface area contributed by atoms with Crippen molar-refractivity contribution >= 4 is 12.0 Å². The Bertz CT molecular complexity index is 375. The van der Waals surface area contributed by atoms with Crippen LogP contribution in [0.25, 0.3) is 0 Å². The number of amides is 2. The molecule has 2 heterocycles. The van der Waals surface area contributed by atoms with Crippen molar-refractivity contribution in [1.29, 1.82) is 0 Å². The van der Waals surface area contributed by atoms with Gasteiger partial charge in [-0.1, -0.05) is 13.8 Å². The van der Waals surface area contributed by atoms with Crippen LogP contribution in [0.15, 0.2) is 0 Å². The molecular weight excluding hydrogens is 248 g/mol. The highest BCUT2D eigenvalue weighted by Gasteiger charge is 2.43. The first kappa shape index (κ1) is 14.1. The number of ether oxygens (including phenoxy) is 1. The van der Waals surface area contributed by atoms with Gasteiger partial charge in [0, 0.05) is 39.1 Å². The predicted molar refractivity (Wildman–Crippen MR) is 68.9 cm³/mol. The Kier molecular flexibility index (Phi) is 3.71. The maximum Gasteiger partial charge on any atom is 0.329 e. The van der Waals surface area contributed by atoms with Gasteiger partial charge in [-0.05, 0) is 11.8 Å². The van der Waals surface area contributed by atoms with Gasteiger partial charge in [-0.15, -0.1) is 0 Å². The summed E-state index contributed by atoms with van der Waals surface area (Å²) >= 11 is 0. The summed E-state index contributed by atoms with van der Waals surface area (Å²) in [5.41, 5.74) is -1.05. The number of rotatable bonds is 2. The van der Waals surface area contributed by atoms with Gasteiger partial charge in [0.2, 0.25) is 0 Å². The van der Waals surface area contributed by atoms with E-state index in [0.717, 1.165) is 6.42 Å². The van der Waals surface area contributed by atoms with Crippen LogP contribution < -0.4 is 5.32 Å². The molecule has 0 aliphatic carbocycles. The van der Waals surface area contributed by atoms with Crippen molar-refractivity contribution in [3.05, 3.63) is 0 Å². The second-order valence-corrected chi connectivity index (χ2v) is 6.27. The minimum absolute atomic E-state index is 0.114. The first-order valence-electron chi connectivity index (χ1n) is 6.73. The lowest BCUT2D eigenvalue weighted by atomic mass is 9.90. The quantitative estimate of drug-likeness (QED) is 0.786. The second-order valence-electron chi connectivity index (χ2n) is 6.27. The number of nitrogens with one attached hydrogen (secondary N) is 1. The van der Waals surface area contributed by atoms with E-state index in [9.17, 15) is 14.7 Å². The summed E-state index contributed by atoms with van der Waals surface area (Å²) < 4.78 is 5.19. The van der Waals surface area contributed by atoms with Gasteiger partial charge in [-0.25, -0.2) is 9.59 Å². The van der Waals surface area contributed by atoms with Gasteiger partial charge in [-0.2, -0.15) is 0 Å².